The number of alkyl halides is 2. The van der Waals surface area contributed by atoms with Gasteiger partial charge in [0.25, 0.3) is 0 Å². The fourth-order valence-corrected chi connectivity index (χ4v) is 1.75. The van der Waals surface area contributed by atoms with Crippen molar-refractivity contribution in [3.63, 3.8) is 0 Å². The van der Waals surface area contributed by atoms with Crippen LogP contribution in [0.1, 0.15) is 11.5 Å². The molecule has 1 aromatic carbocycles. The number of hydrogen-bond donors (Lipinski definition) is 0. The first-order chi connectivity index (χ1) is 9.38. The van der Waals surface area contributed by atoms with E-state index in [0.717, 1.165) is 20.3 Å². The maximum Gasteiger partial charge on any atom is 0.586 e. The second-order valence-corrected chi connectivity index (χ2v) is 3.85. The Labute approximate surface area is 112 Å². The summed E-state index contributed by atoms with van der Waals surface area (Å²) in [6.45, 7) is 0. The first kappa shape index (κ1) is 14.0. The van der Waals surface area contributed by atoms with E-state index in [1.54, 1.807) is 0 Å². The van der Waals surface area contributed by atoms with Gasteiger partial charge in [-0.25, -0.2) is 0 Å². The minimum absolute atomic E-state index is 0.101. The number of methoxy groups -OCH3 is 2. The monoisotopic (exact) mass is 288 g/mol. The average molecular weight is 288 g/mol. The summed E-state index contributed by atoms with van der Waals surface area (Å²) in [4.78, 5) is 23.2. The number of halogens is 2. The maximum absolute atomic E-state index is 12.9. The fraction of sp³-hybridized carbons (Fsp3) is 0.333. The number of hydrogen-bond acceptors (Lipinski definition) is 6. The van der Waals surface area contributed by atoms with Crippen molar-refractivity contribution < 1.29 is 37.3 Å². The van der Waals surface area contributed by atoms with Crippen molar-refractivity contribution in [3.8, 4) is 11.5 Å². The molecule has 0 aliphatic carbocycles. The van der Waals surface area contributed by atoms with Crippen molar-refractivity contribution in [2.45, 2.75) is 12.2 Å². The lowest BCUT2D eigenvalue weighted by molar-refractivity contribution is -0.286. The summed E-state index contributed by atoms with van der Waals surface area (Å²) in [7, 11) is 2.19. The summed E-state index contributed by atoms with van der Waals surface area (Å²) < 4.78 is 43.2. The Hall–Kier alpha value is -2.38. The van der Waals surface area contributed by atoms with Crippen LogP contribution in [0.2, 0.25) is 0 Å². The number of carbonyl (C=O) groups excluding carboxylic acids is 2. The van der Waals surface area contributed by atoms with Crippen LogP contribution in [0, 0.1) is 0 Å². The first-order valence-electron chi connectivity index (χ1n) is 5.43. The smallest absolute Gasteiger partial charge is 0.468 e. The number of rotatable bonds is 3. The summed E-state index contributed by atoms with van der Waals surface area (Å²) in [5, 5.41) is 0. The molecular formula is C12H10F2O6. The van der Waals surface area contributed by atoms with E-state index in [1.807, 2.05) is 0 Å². The molecule has 1 aromatic rings. The quantitative estimate of drug-likeness (QED) is 0.619. The third-order valence-electron chi connectivity index (χ3n) is 2.63. The van der Waals surface area contributed by atoms with Crippen molar-refractivity contribution in [2.75, 3.05) is 14.2 Å². The van der Waals surface area contributed by atoms with E-state index < -0.39 is 24.2 Å². The lowest BCUT2D eigenvalue weighted by Gasteiger charge is -2.12. The van der Waals surface area contributed by atoms with Gasteiger partial charge in [-0.3, -0.25) is 9.59 Å². The SMILES string of the molecule is COC(=O)C(C(=O)OC)c1ccc2c(c1)OC(F)(F)O2. The average Bonchev–Trinajstić information content (AvgIpc) is 2.71. The summed E-state index contributed by atoms with van der Waals surface area (Å²) in [5.74, 6) is -3.59. The minimum Gasteiger partial charge on any atom is -0.468 e. The normalized spacial score (nSPS) is 15.1. The van der Waals surface area contributed by atoms with Gasteiger partial charge in [-0.2, -0.15) is 0 Å². The number of ether oxygens (including phenoxy) is 4. The van der Waals surface area contributed by atoms with Crippen LogP contribution in [0.5, 0.6) is 11.5 Å². The van der Waals surface area contributed by atoms with E-state index in [-0.39, 0.29) is 17.1 Å². The van der Waals surface area contributed by atoms with Gasteiger partial charge in [0.05, 0.1) is 14.2 Å². The molecule has 0 saturated carbocycles. The van der Waals surface area contributed by atoms with Gasteiger partial charge < -0.3 is 18.9 Å². The van der Waals surface area contributed by atoms with Crippen LogP contribution in [-0.4, -0.2) is 32.5 Å². The van der Waals surface area contributed by atoms with Crippen LogP contribution in [-0.2, 0) is 19.1 Å². The molecule has 0 N–H and O–H groups in total. The molecule has 0 aromatic heterocycles. The molecule has 0 radical (unpaired) electrons. The first-order valence-corrected chi connectivity index (χ1v) is 5.43. The highest BCUT2D eigenvalue weighted by Crippen LogP contribution is 2.42. The van der Waals surface area contributed by atoms with Gasteiger partial charge in [0, 0.05) is 0 Å². The molecule has 20 heavy (non-hydrogen) atoms. The number of benzene rings is 1. The molecule has 1 aliphatic heterocycles. The summed E-state index contributed by atoms with van der Waals surface area (Å²) >= 11 is 0. The Balaban J connectivity index is 2.37. The van der Waals surface area contributed by atoms with Crippen molar-refractivity contribution in [2.24, 2.45) is 0 Å². The van der Waals surface area contributed by atoms with E-state index in [2.05, 4.69) is 18.9 Å². The zero-order valence-electron chi connectivity index (χ0n) is 10.5. The molecule has 0 unspecified atom stereocenters. The molecule has 0 fully saturated rings. The molecule has 2 rings (SSSR count). The Kier molecular flexibility index (Phi) is 3.47. The van der Waals surface area contributed by atoms with E-state index in [4.69, 9.17) is 0 Å². The predicted molar refractivity (Wildman–Crippen MR) is 59.4 cm³/mol. The Bertz CT molecular complexity index is 541. The molecule has 0 bridgehead atoms. The molecule has 1 aliphatic rings. The highest BCUT2D eigenvalue weighted by Gasteiger charge is 2.44. The lowest BCUT2D eigenvalue weighted by Crippen LogP contribution is -2.26. The summed E-state index contributed by atoms with van der Waals surface area (Å²) in [5.41, 5.74) is 0.101. The van der Waals surface area contributed by atoms with Gasteiger partial charge in [0.2, 0.25) is 0 Å². The zero-order valence-corrected chi connectivity index (χ0v) is 10.5. The zero-order chi connectivity index (χ0) is 14.9. The van der Waals surface area contributed by atoms with Gasteiger partial charge in [-0.05, 0) is 17.7 Å². The van der Waals surface area contributed by atoms with Crippen molar-refractivity contribution in [1.29, 1.82) is 0 Å². The molecule has 0 atom stereocenters. The fourth-order valence-electron chi connectivity index (χ4n) is 1.75. The van der Waals surface area contributed by atoms with Crippen LogP contribution in [0.4, 0.5) is 8.78 Å². The Morgan fingerprint density at radius 3 is 2.20 bits per heavy atom. The van der Waals surface area contributed by atoms with Gasteiger partial charge >= 0.3 is 18.2 Å². The van der Waals surface area contributed by atoms with Gasteiger partial charge in [0.15, 0.2) is 17.4 Å². The van der Waals surface area contributed by atoms with E-state index >= 15 is 0 Å². The molecule has 0 spiro atoms. The number of esters is 2. The van der Waals surface area contributed by atoms with Crippen LogP contribution >= 0.6 is 0 Å². The third-order valence-corrected chi connectivity index (χ3v) is 2.63. The highest BCUT2D eigenvalue weighted by molar-refractivity contribution is 6.00. The predicted octanol–water partition coefficient (Wildman–Crippen LogP) is 1.44. The van der Waals surface area contributed by atoms with E-state index in [9.17, 15) is 18.4 Å². The molecule has 1 heterocycles. The summed E-state index contributed by atoms with van der Waals surface area (Å²) in [6.07, 6.45) is -3.77. The second kappa shape index (κ2) is 4.95. The molecule has 6 nitrogen and oxygen atoms in total. The van der Waals surface area contributed by atoms with Crippen LogP contribution in [0.15, 0.2) is 18.2 Å². The molecule has 8 heteroatoms. The van der Waals surface area contributed by atoms with Crippen molar-refractivity contribution >= 4 is 11.9 Å². The van der Waals surface area contributed by atoms with Gasteiger partial charge in [-0.15, -0.1) is 8.78 Å². The number of carbonyl (C=O) groups is 2. The van der Waals surface area contributed by atoms with E-state index in [1.165, 1.54) is 12.1 Å². The van der Waals surface area contributed by atoms with Crippen LogP contribution in [0.25, 0.3) is 0 Å². The topological polar surface area (TPSA) is 71.1 Å². The summed E-state index contributed by atoms with van der Waals surface area (Å²) in [6, 6.07) is 3.56. The van der Waals surface area contributed by atoms with Gasteiger partial charge in [0.1, 0.15) is 0 Å². The van der Waals surface area contributed by atoms with Crippen LogP contribution < -0.4 is 9.47 Å². The van der Waals surface area contributed by atoms with Crippen molar-refractivity contribution in [1.82, 2.24) is 0 Å². The Morgan fingerprint density at radius 2 is 1.65 bits per heavy atom. The maximum atomic E-state index is 12.9. The largest absolute Gasteiger partial charge is 0.586 e. The minimum atomic E-state index is -3.77. The molecule has 0 amide bonds. The molecule has 108 valence electrons. The lowest BCUT2D eigenvalue weighted by atomic mass is 9.99. The van der Waals surface area contributed by atoms with Gasteiger partial charge in [-0.1, -0.05) is 6.07 Å². The Morgan fingerprint density at radius 1 is 1.10 bits per heavy atom. The van der Waals surface area contributed by atoms with Crippen molar-refractivity contribution in [3.05, 3.63) is 23.8 Å². The second-order valence-electron chi connectivity index (χ2n) is 3.85. The number of fused-ring (bicyclic) bond motifs is 1. The molecular weight excluding hydrogens is 278 g/mol. The van der Waals surface area contributed by atoms with Crippen LogP contribution in [0.3, 0.4) is 0 Å². The highest BCUT2D eigenvalue weighted by atomic mass is 19.3. The molecule has 0 saturated heterocycles. The van der Waals surface area contributed by atoms with E-state index in [0.29, 0.717) is 0 Å². The standard InChI is InChI=1S/C12H10F2O6/c1-17-10(15)9(11(16)18-2)6-3-4-7-8(5-6)20-12(13,14)19-7/h3-5,9H,1-2H3. The third kappa shape index (κ3) is 2.49.